The van der Waals surface area contributed by atoms with Crippen molar-refractivity contribution in [3.05, 3.63) is 18.0 Å². The van der Waals surface area contributed by atoms with E-state index in [0.717, 1.165) is 18.7 Å². The van der Waals surface area contributed by atoms with Crippen LogP contribution in [0.5, 0.6) is 0 Å². The van der Waals surface area contributed by atoms with Crippen LogP contribution in [-0.4, -0.2) is 48.5 Å². The molecule has 0 spiro atoms. The summed E-state index contributed by atoms with van der Waals surface area (Å²) in [7, 11) is 3.50. The first-order valence-electron chi connectivity index (χ1n) is 6.12. The predicted molar refractivity (Wildman–Crippen MR) is 69.3 cm³/mol. The molecule has 0 saturated heterocycles. The normalized spacial score (nSPS) is 12.4. The van der Waals surface area contributed by atoms with Gasteiger partial charge in [0, 0.05) is 39.9 Å². The summed E-state index contributed by atoms with van der Waals surface area (Å²) in [4.78, 5) is 11.6. The van der Waals surface area contributed by atoms with Gasteiger partial charge in [0.1, 0.15) is 0 Å². The minimum atomic E-state index is -0.203. The minimum absolute atomic E-state index is 0.00642. The van der Waals surface area contributed by atoms with Gasteiger partial charge in [-0.1, -0.05) is 0 Å². The molecular weight excluding hydrogens is 232 g/mol. The topological polar surface area (TPSA) is 68.2 Å². The molecule has 1 heterocycles. The molecule has 1 aromatic rings. The highest BCUT2D eigenvalue weighted by Gasteiger charge is 2.10. The molecular formula is C12H22N4O2. The third kappa shape index (κ3) is 5.29. The molecule has 1 aromatic heterocycles. The van der Waals surface area contributed by atoms with E-state index in [-0.39, 0.29) is 11.9 Å². The third-order valence-corrected chi connectivity index (χ3v) is 2.60. The average Bonchev–Trinajstić information content (AvgIpc) is 2.75. The molecule has 1 unspecified atom stereocenters. The van der Waals surface area contributed by atoms with Gasteiger partial charge in [0.05, 0.1) is 18.3 Å². The van der Waals surface area contributed by atoms with Crippen LogP contribution in [0, 0.1) is 0 Å². The largest absolute Gasteiger partial charge is 0.383 e. The van der Waals surface area contributed by atoms with Gasteiger partial charge in [0.2, 0.25) is 5.91 Å². The summed E-state index contributed by atoms with van der Waals surface area (Å²) < 4.78 is 6.64. The van der Waals surface area contributed by atoms with Crippen molar-refractivity contribution < 1.29 is 9.53 Å². The van der Waals surface area contributed by atoms with Crippen molar-refractivity contribution in [1.29, 1.82) is 0 Å². The van der Waals surface area contributed by atoms with Crippen LogP contribution in [0.15, 0.2) is 12.3 Å². The van der Waals surface area contributed by atoms with Crippen LogP contribution in [-0.2, 0) is 23.0 Å². The first-order chi connectivity index (χ1) is 8.63. The summed E-state index contributed by atoms with van der Waals surface area (Å²) in [5.74, 6) is -0.00642. The summed E-state index contributed by atoms with van der Waals surface area (Å²) in [6.45, 7) is 3.66. The molecule has 0 aromatic carbocycles. The summed E-state index contributed by atoms with van der Waals surface area (Å²) in [6, 6.07) is 1.77. The number of hydrogen-bond acceptors (Lipinski definition) is 4. The Labute approximate surface area is 108 Å². The molecule has 1 amide bonds. The number of aryl methyl sites for hydroxylation is 1. The van der Waals surface area contributed by atoms with E-state index < -0.39 is 0 Å². The van der Waals surface area contributed by atoms with Crippen LogP contribution >= 0.6 is 0 Å². The molecule has 0 fully saturated rings. The smallest absolute Gasteiger partial charge is 0.236 e. The predicted octanol–water partition coefficient (Wildman–Crippen LogP) is -0.297. The Balaban J connectivity index is 2.16. The first kappa shape index (κ1) is 14.7. The Morgan fingerprint density at radius 1 is 1.56 bits per heavy atom. The molecule has 102 valence electrons. The SMILES string of the molecule is COCCNC(=O)C(C)NCCc1ccn(C)n1. The number of methoxy groups -OCH3 is 1. The van der Waals surface area contributed by atoms with E-state index in [1.807, 2.05) is 26.2 Å². The van der Waals surface area contributed by atoms with Crippen molar-refractivity contribution in [2.75, 3.05) is 26.8 Å². The van der Waals surface area contributed by atoms with Gasteiger partial charge in [-0.25, -0.2) is 0 Å². The number of aromatic nitrogens is 2. The Bertz CT molecular complexity index is 365. The van der Waals surface area contributed by atoms with Crippen molar-refractivity contribution in [3.63, 3.8) is 0 Å². The van der Waals surface area contributed by atoms with Crippen molar-refractivity contribution >= 4 is 5.91 Å². The van der Waals surface area contributed by atoms with Gasteiger partial charge in [0.15, 0.2) is 0 Å². The standard InChI is InChI=1S/C12H22N4O2/c1-10(12(17)14-7-9-18-3)13-6-4-11-5-8-16(2)15-11/h5,8,10,13H,4,6-7,9H2,1-3H3,(H,14,17). The molecule has 2 N–H and O–H groups in total. The summed E-state index contributed by atoms with van der Waals surface area (Å²) in [6.07, 6.45) is 2.73. The van der Waals surface area contributed by atoms with Crippen molar-refractivity contribution in [2.45, 2.75) is 19.4 Å². The van der Waals surface area contributed by atoms with Crippen LogP contribution in [0.25, 0.3) is 0 Å². The minimum Gasteiger partial charge on any atom is -0.383 e. The number of carbonyl (C=O) groups excluding carboxylic acids is 1. The van der Waals surface area contributed by atoms with E-state index in [1.54, 1.807) is 11.8 Å². The van der Waals surface area contributed by atoms with Gasteiger partial charge in [0.25, 0.3) is 0 Å². The maximum absolute atomic E-state index is 11.6. The van der Waals surface area contributed by atoms with Crippen LogP contribution < -0.4 is 10.6 Å². The van der Waals surface area contributed by atoms with Gasteiger partial charge < -0.3 is 15.4 Å². The third-order valence-electron chi connectivity index (χ3n) is 2.60. The second kappa shape index (κ2) is 7.84. The fourth-order valence-electron chi connectivity index (χ4n) is 1.54. The summed E-state index contributed by atoms with van der Waals surface area (Å²) in [5, 5.41) is 10.2. The van der Waals surface area contributed by atoms with Crippen LogP contribution in [0.4, 0.5) is 0 Å². The number of hydrogen-bond donors (Lipinski definition) is 2. The Morgan fingerprint density at radius 3 is 2.94 bits per heavy atom. The zero-order valence-corrected chi connectivity index (χ0v) is 11.3. The number of nitrogens with zero attached hydrogens (tertiary/aromatic N) is 2. The van der Waals surface area contributed by atoms with E-state index in [0.29, 0.717) is 13.2 Å². The Kier molecular flexibility index (Phi) is 6.38. The lowest BCUT2D eigenvalue weighted by Crippen LogP contribution is -2.43. The molecule has 1 rings (SSSR count). The van der Waals surface area contributed by atoms with Gasteiger partial charge in [-0.3, -0.25) is 9.48 Å². The highest BCUT2D eigenvalue weighted by atomic mass is 16.5. The molecule has 0 radical (unpaired) electrons. The lowest BCUT2D eigenvalue weighted by molar-refractivity contribution is -0.122. The van der Waals surface area contributed by atoms with Gasteiger partial charge >= 0.3 is 0 Å². The monoisotopic (exact) mass is 254 g/mol. The second-order valence-corrected chi connectivity index (χ2v) is 4.19. The van der Waals surface area contributed by atoms with Crippen molar-refractivity contribution in [3.8, 4) is 0 Å². The molecule has 0 bridgehead atoms. The molecule has 0 aliphatic heterocycles. The summed E-state index contributed by atoms with van der Waals surface area (Å²) >= 11 is 0. The van der Waals surface area contributed by atoms with Crippen LogP contribution in [0.1, 0.15) is 12.6 Å². The first-order valence-corrected chi connectivity index (χ1v) is 6.12. The quantitative estimate of drug-likeness (QED) is 0.625. The van der Waals surface area contributed by atoms with Gasteiger partial charge in [-0.05, 0) is 13.0 Å². The van der Waals surface area contributed by atoms with E-state index in [4.69, 9.17) is 4.74 Å². The zero-order chi connectivity index (χ0) is 13.4. The number of ether oxygens (including phenoxy) is 1. The van der Waals surface area contributed by atoms with Gasteiger partial charge in [-0.15, -0.1) is 0 Å². The highest BCUT2D eigenvalue weighted by molar-refractivity contribution is 5.81. The van der Waals surface area contributed by atoms with Crippen LogP contribution in [0.3, 0.4) is 0 Å². The lowest BCUT2D eigenvalue weighted by atomic mass is 10.2. The Morgan fingerprint density at radius 2 is 2.33 bits per heavy atom. The Hall–Kier alpha value is -1.40. The zero-order valence-electron chi connectivity index (χ0n) is 11.3. The molecule has 0 aliphatic rings. The summed E-state index contributed by atoms with van der Waals surface area (Å²) in [5.41, 5.74) is 1.02. The molecule has 6 nitrogen and oxygen atoms in total. The van der Waals surface area contributed by atoms with E-state index in [2.05, 4.69) is 15.7 Å². The van der Waals surface area contributed by atoms with E-state index in [9.17, 15) is 4.79 Å². The number of amides is 1. The van der Waals surface area contributed by atoms with Crippen LogP contribution in [0.2, 0.25) is 0 Å². The maximum atomic E-state index is 11.6. The number of rotatable bonds is 8. The van der Waals surface area contributed by atoms with E-state index in [1.165, 1.54) is 0 Å². The van der Waals surface area contributed by atoms with E-state index >= 15 is 0 Å². The molecule has 1 atom stereocenters. The highest BCUT2D eigenvalue weighted by Crippen LogP contribution is 1.94. The second-order valence-electron chi connectivity index (χ2n) is 4.19. The molecule has 0 aliphatic carbocycles. The number of nitrogens with one attached hydrogen (secondary N) is 2. The van der Waals surface area contributed by atoms with Gasteiger partial charge in [-0.2, -0.15) is 5.10 Å². The van der Waals surface area contributed by atoms with Crippen molar-refractivity contribution in [1.82, 2.24) is 20.4 Å². The molecule has 18 heavy (non-hydrogen) atoms. The molecule has 6 heteroatoms. The fraction of sp³-hybridized carbons (Fsp3) is 0.667. The fourth-order valence-corrected chi connectivity index (χ4v) is 1.54. The molecule has 0 saturated carbocycles. The maximum Gasteiger partial charge on any atom is 0.236 e. The average molecular weight is 254 g/mol. The van der Waals surface area contributed by atoms with Crippen molar-refractivity contribution in [2.24, 2.45) is 7.05 Å². The number of carbonyl (C=O) groups is 1. The lowest BCUT2D eigenvalue weighted by Gasteiger charge is -2.13.